The number of alkyl halides is 3. The molecule has 0 saturated heterocycles. The molecule has 0 bridgehead atoms. The second kappa shape index (κ2) is 6.63. The van der Waals surface area contributed by atoms with Gasteiger partial charge in [-0.05, 0) is 27.2 Å². The van der Waals surface area contributed by atoms with Gasteiger partial charge in [0.2, 0.25) is 0 Å². The van der Waals surface area contributed by atoms with Crippen LogP contribution in [0.5, 0.6) is 0 Å². The Hall–Kier alpha value is -1.47. The minimum Gasteiger partial charge on any atom is -0.481 e. The fraction of sp³-hybridized carbons (Fsp3) is 0.818. The third-order valence-electron chi connectivity index (χ3n) is 2.64. The van der Waals surface area contributed by atoms with Crippen molar-refractivity contribution < 1.29 is 27.9 Å². The van der Waals surface area contributed by atoms with E-state index in [-0.39, 0.29) is 19.5 Å². The molecule has 0 aromatic carbocycles. The lowest BCUT2D eigenvalue weighted by Crippen LogP contribution is -2.45. The van der Waals surface area contributed by atoms with Crippen LogP contribution in [0.1, 0.15) is 27.2 Å². The van der Waals surface area contributed by atoms with E-state index in [0.717, 1.165) is 0 Å². The minimum atomic E-state index is -4.45. The molecule has 0 aromatic heterocycles. The number of urea groups is 1. The summed E-state index contributed by atoms with van der Waals surface area (Å²) in [4.78, 5) is 22.9. The van der Waals surface area contributed by atoms with Gasteiger partial charge in [0, 0.05) is 13.1 Å². The molecule has 2 amide bonds. The van der Waals surface area contributed by atoms with Gasteiger partial charge in [0.25, 0.3) is 0 Å². The van der Waals surface area contributed by atoms with Gasteiger partial charge in [-0.1, -0.05) is 0 Å². The Morgan fingerprint density at radius 1 is 1.26 bits per heavy atom. The van der Waals surface area contributed by atoms with E-state index in [1.165, 1.54) is 20.8 Å². The minimum absolute atomic E-state index is 0.00644. The molecule has 0 saturated carbocycles. The maximum absolute atomic E-state index is 12.2. The van der Waals surface area contributed by atoms with Crippen molar-refractivity contribution in [1.29, 1.82) is 0 Å². The Morgan fingerprint density at radius 2 is 1.79 bits per heavy atom. The number of hydrogen-bond donors (Lipinski definition) is 2. The molecule has 0 spiro atoms. The number of halogens is 3. The molecule has 0 rings (SSSR count). The molecule has 8 heteroatoms. The second-order valence-electron chi connectivity index (χ2n) is 4.80. The van der Waals surface area contributed by atoms with Crippen LogP contribution in [0, 0.1) is 5.41 Å². The van der Waals surface area contributed by atoms with Gasteiger partial charge in [0.1, 0.15) is 6.54 Å². The highest BCUT2D eigenvalue weighted by Crippen LogP contribution is 2.19. The summed E-state index contributed by atoms with van der Waals surface area (Å²) < 4.78 is 36.5. The Labute approximate surface area is 109 Å². The van der Waals surface area contributed by atoms with Gasteiger partial charge >= 0.3 is 18.2 Å². The summed E-state index contributed by atoms with van der Waals surface area (Å²) in [5, 5.41) is 11.1. The second-order valence-corrected chi connectivity index (χ2v) is 4.80. The van der Waals surface area contributed by atoms with E-state index in [9.17, 15) is 22.8 Å². The zero-order chi connectivity index (χ0) is 15.3. The van der Waals surface area contributed by atoms with Gasteiger partial charge in [-0.2, -0.15) is 13.2 Å². The van der Waals surface area contributed by atoms with Crippen LogP contribution in [-0.4, -0.2) is 47.8 Å². The average Bonchev–Trinajstić information content (AvgIpc) is 2.23. The van der Waals surface area contributed by atoms with Crippen molar-refractivity contribution in [3.8, 4) is 0 Å². The summed E-state index contributed by atoms with van der Waals surface area (Å²) in [6.45, 7) is 3.01. The maximum atomic E-state index is 12.2. The number of aliphatic carboxylic acids is 1. The van der Waals surface area contributed by atoms with Crippen molar-refractivity contribution in [3.05, 3.63) is 0 Å². The summed E-state index contributed by atoms with van der Waals surface area (Å²) in [6, 6.07) is -0.846. The Balaban J connectivity index is 4.26. The van der Waals surface area contributed by atoms with Gasteiger partial charge < -0.3 is 15.3 Å². The normalized spacial score (nSPS) is 12.1. The predicted octanol–water partition coefficient (Wildman–Crippen LogP) is 2.08. The van der Waals surface area contributed by atoms with Gasteiger partial charge in [-0.15, -0.1) is 0 Å². The van der Waals surface area contributed by atoms with Gasteiger partial charge in [0.05, 0.1) is 5.41 Å². The lowest BCUT2D eigenvalue weighted by molar-refractivity contribution is -0.147. The first kappa shape index (κ1) is 17.5. The number of nitrogens with one attached hydrogen (secondary N) is 1. The van der Waals surface area contributed by atoms with Gasteiger partial charge in [-0.25, -0.2) is 4.79 Å². The maximum Gasteiger partial charge on any atom is 0.406 e. The summed E-state index contributed by atoms with van der Waals surface area (Å²) in [7, 11) is 0. The highest BCUT2D eigenvalue weighted by molar-refractivity contribution is 5.75. The molecule has 0 radical (unpaired) electrons. The molecule has 0 heterocycles. The van der Waals surface area contributed by atoms with E-state index in [4.69, 9.17) is 5.11 Å². The third-order valence-corrected chi connectivity index (χ3v) is 2.64. The zero-order valence-corrected chi connectivity index (χ0v) is 11.2. The number of nitrogens with zero attached hydrogens (tertiary/aromatic N) is 1. The van der Waals surface area contributed by atoms with Crippen LogP contribution >= 0.6 is 0 Å². The summed E-state index contributed by atoms with van der Waals surface area (Å²) >= 11 is 0. The fourth-order valence-electron chi connectivity index (χ4n) is 1.24. The molecule has 0 aromatic rings. The van der Waals surface area contributed by atoms with Crippen LogP contribution in [0.3, 0.4) is 0 Å². The fourth-order valence-corrected chi connectivity index (χ4v) is 1.24. The number of carbonyl (C=O) groups is 2. The van der Waals surface area contributed by atoms with Crippen molar-refractivity contribution >= 4 is 12.0 Å². The van der Waals surface area contributed by atoms with E-state index in [2.05, 4.69) is 5.32 Å². The van der Waals surface area contributed by atoms with Crippen molar-refractivity contribution in [3.63, 3.8) is 0 Å². The highest BCUT2D eigenvalue weighted by atomic mass is 19.4. The van der Waals surface area contributed by atoms with Crippen molar-refractivity contribution in [2.45, 2.75) is 33.4 Å². The third kappa shape index (κ3) is 6.88. The molecular formula is C11H19F3N2O3. The van der Waals surface area contributed by atoms with E-state index in [1.807, 2.05) is 0 Å². The van der Waals surface area contributed by atoms with Crippen molar-refractivity contribution in [2.75, 3.05) is 19.6 Å². The molecule has 112 valence electrons. The van der Waals surface area contributed by atoms with E-state index in [1.54, 1.807) is 0 Å². The Morgan fingerprint density at radius 3 is 2.16 bits per heavy atom. The van der Waals surface area contributed by atoms with E-state index < -0.39 is 30.1 Å². The van der Waals surface area contributed by atoms with Crippen LogP contribution < -0.4 is 5.32 Å². The predicted molar refractivity (Wildman–Crippen MR) is 62.7 cm³/mol. The largest absolute Gasteiger partial charge is 0.481 e. The Bertz CT molecular complexity index is 330. The molecule has 0 atom stereocenters. The van der Waals surface area contributed by atoms with Crippen molar-refractivity contribution in [2.24, 2.45) is 5.41 Å². The molecule has 19 heavy (non-hydrogen) atoms. The summed E-state index contributed by atoms with van der Waals surface area (Å²) in [5.74, 6) is -1.02. The highest BCUT2D eigenvalue weighted by Gasteiger charge is 2.32. The number of carboxylic acids is 1. The van der Waals surface area contributed by atoms with Crippen LogP contribution in [0.2, 0.25) is 0 Å². The standard InChI is InChI=1S/C11H19F3N2O3/c1-4-16(7-11(12,13)14)9(19)15-6-5-10(2,3)8(17)18/h4-7H2,1-3H3,(H,15,19)(H,17,18). The first-order valence-corrected chi connectivity index (χ1v) is 5.82. The van der Waals surface area contributed by atoms with Crippen LogP contribution in [0.25, 0.3) is 0 Å². The van der Waals surface area contributed by atoms with Crippen LogP contribution in [-0.2, 0) is 4.79 Å². The number of hydrogen-bond acceptors (Lipinski definition) is 2. The summed E-state index contributed by atoms with van der Waals surface area (Å²) in [6.07, 6.45) is -4.31. The zero-order valence-electron chi connectivity index (χ0n) is 11.2. The smallest absolute Gasteiger partial charge is 0.406 e. The number of rotatable bonds is 6. The SMILES string of the molecule is CCN(CC(F)(F)F)C(=O)NCCC(C)(C)C(=O)O. The topological polar surface area (TPSA) is 69.6 Å². The molecule has 0 unspecified atom stereocenters. The average molecular weight is 284 g/mol. The van der Waals surface area contributed by atoms with Gasteiger partial charge in [-0.3, -0.25) is 4.79 Å². The summed E-state index contributed by atoms with van der Waals surface area (Å²) in [5.41, 5.74) is -1.03. The molecule has 2 N–H and O–H groups in total. The van der Waals surface area contributed by atoms with Crippen LogP contribution in [0.4, 0.5) is 18.0 Å². The monoisotopic (exact) mass is 284 g/mol. The molecule has 0 fully saturated rings. The number of carbonyl (C=O) groups excluding carboxylic acids is 1. The first-order chi connectivity index (χ1) is 8.49. The quantitative estimate of drug-likeness (QED) is 0.784. The lowest BCUT2D eigenvalue weighted by Gasteiger charge is -2.24. The molecular weight excluding hydrogens is 265 g/mol. The Kier molecular flexibility index (Phi) is 6.11. The number of amides is 2. The van der Waals surface area contributed by atoms with E-state index >= 15 is 0 Å². The number of carboxylic acid groups (broad SMARTS) is 1. The molecule has 0 aliphatic heterocycles. The van der Waals surface area contributed by atoms with Crippen LogP contribution in [0.15, 0.2) is 0 Å². The molecule has 0 aliphatic rings. The van der Waals surface area contributed by atoms with Crippen molar-refractivity contribution in [1.82, 2.24) is 10.2 Å². The molecule has 0 aliphatic carbocycles. The van der Waals surface area contributed by atoms with E-state index in [0.29, 0.717) is 4.90 Å². The van der Waals surface area contributed by atoms with Gasteiger partial charge in [0.15, 0.2) is 0 Å². The lowest BCUT2D eigenvalue weighted by atomic mass is 9.90. The molecule has 5 nitrogen and oxygen atoms in total. The first-order valence-electron chi connectivity index (χ1n) is 5.82.